The van der Waals surface area contributed by atoms with E-state index >= 15 is 0 Å². The van der Waals surface area contributed by atoms with Crippen LogP contribution < -0.4 is 5.32 Å². The maximum atomic E-state index is 4.68. The zero-order valence-corrected chi connectivity index (χ0v) is 14.9. The molecule has 24 heavy (non-hydrogen) atoms. The lowest BCUT2D eigenvalue weighted by Gasteiger charge is -2.17. The van der Waals surface area contributed by atoms with E-state index in [1.807, 2.05) is 12.3 Å². The lowest BCUT2D eigenvalue weighted by atomic mass is 10.2. The van der Waals surface area contributed by atoms with Crippen LogP contribution in [0.1, 0.15) is 36.6 Å². The van der Waals surface area contributed by atoms with Crippen LogP contribution in [0, 0.1) is 0 Å². The van der Waals surface area contributed by atoms with E-state index in [4.69, 9.17) is 0 Å². The third-order valence-corrected chi connectivity index (χ3v) is 5.55. The fourth-order valence-electron chi connectivity index (χ4n) is 3.28. The van der Waals surface area contributed by atoms with Gasteiger partial charge in [-0.1, -0.05) is 12.1 Å². The van der Waals surface area contributed by atoms with E-state index in [-0.39, 0.29) is 0 Å². The highest BCUT2D eigenvalue weighted by molar-refractivity contribution is 7.98. The van der Waals surface area contributed by atoms with Crippen molar-refractivity contribution in [1.29, 1.82) is 0 Å². The van der Waals surface area contributed by atoms with Crippen LogP contribution in [-0.2, 0) is 6.54 Å². The highest BCUT2D eigenvalue weighted by Gasteiger charge is 2.27. The number of aromatic nitrogens is 2. The lowest BCUT2D eigenvalue weighted by molar-refractivity contribution is 0.328. The lowest BCUT2D eigenvalue weighted by Crippen LogP contribution is -2.26. The number of hydrogen-bond donors (Lipinski definition) is 1. The third-order valence-electron chi connectivity index (χ3n) is 4.81. The molecular weight excluding hydrogens is 316 g/mol. The van der Waals surface area contributed by atoms with Gasteiger partial charge in [-0.15, -0.1) is 11.8 Å². The monoisotopic (exact) mass is 340 g/mol. The molecule has 2 fully saturated rings. The molecule has 0 amide bonds. The van der Waals surface area contributed by atoms with E-state index in [1.165, 1.54) is 29.7 Å². The van der Waals surface area contributed by atoms with E-state index in [0.29, 0.717) is 12.0 Å². The van der Waals surface area contributed by atoms with Gasteiger partial charge in [-0.05, 0) is 49.3 Å². The molecule has 1 aromatic heterocycles. The van der Waals surface area contributed by atoms with Gasteiger partial charge in [0.25, 0.3) is 0 Å². The summed E-state index contributed by atoms with van der Waals surface area (Å²) in [5.41, 5.74) is 1.39. The van der Waals surface area contributed by atoms with Gasteiger partial charge in [-0.25, -0.2) is 9.97 Å². The molecule has 2 aromatic rings. The summed E-state index contributed by atoms with van der Waals surface area (Å²) >= 11 is 1.79. The van der Waals surface area contributed by atoms with Gasteiger partial charge in [0, 0.05) is 42.7 Å². The summed E-state index contributed by atoms with van der Waals surface area (Å²) < 4.78 is 0. The summed E-state index contributed by atoms with van der Waals surface area (Å²) in [6.45, 7) is 3.25. The Morgan fingerprint density at radius 1 is 1.17 bits per heavy atom. The minimum atomic E-state index is 0.484. The SMILES string of the molecule is CSc1ccc(CN2CCC(Nc3ccnc(C4CC4)n3)C2)cc1. The van der Waals surface area contributed by atoms with Crippen molar-refractivity contribution in [2.45, 2.75) is 42.7 Å². The van der Waals surface area contributed by atoms with Crippen molar-refractivity contribution in [2.24, 2.45) is 0 Å². The molecular formula is C19H24N4S. The first-order valence-electron chi connectivity index (χ1n) is 8.75. The Morgan fingerprint density at radius 2 is 2.00 bits per heavy atom. The number of nitrogens with zero attached hydrogens (tertiary/aromatic N) is 3. The highest BCUT2D eigenvalue weighted by atomic mass is 32.2. The van der Waals surface area contributed by atoms with Crippen molar-refractivity contribution in [1.82, 2.24) is 14.9 Å². The van der Waals surface area contributed by atoms with E-state index < -0.39 is 0 Å². The largest absolute Gasteiger partial charge is 0.366 e. The van der Waals surface area contributed by atoms with Crippen molar-refractivity contribution in [3.05, 3.63) is 47.9 Å². The molecule has 5 heteroatoms. The van der Waals surface area contributed by atoms with Gasteiger partial charge < -0.3 is 5.32 Å². The second kappa shape index (κ2) is 7.11. The average molecular weight is 340 g/mol. The average Bonchev–Trinajstić information content (AvgIpc) is 3.38. The van der Waals surface area contributed by atoms with Crippen LogP contribution >= 0.6 is 11.8 Å². The zero-order chi connectivity index (χ0) is 16.4. The Balaban J connectivity index is 1.31. The van der Waals surface area contributed by atoms with Crippen LogP contribution in [0.4, 0.5) is 5.82 Å². The Hall–Kier alpha value is -1.59. The van der Waals surface area contributed by atoms with Gasteiger partial charge in [0.15, 0.2) is 0 Å². The molecule has 4 rings (SSSR count). The van der Waals surface area contributed by atoms with Crippen LogP contribution in [0.2, 0.25) is 0 Å². The van der Waals surface area contributed by atoms with Gasteiger partial charge in [0.05, 0.1) is 0 Å². The van der Waals surface area contributed by atoms with E-state index in [2.05, 4.69) is 50.7 Å². The zero-order valence-electron chi connectivity index (χ0n) is 14.1. The summed E-state index contributed by atoms with van der Waals surface area (Å²) in [6.07, 6.45) is 7.67. The van der Waals surface area contributed by atoms with E-state index in [9.17, 15) is 0 Å². The fourth-order valence-corrected chi connectivity index (χ4v) is 3.69. The standard InChI is InChI=1S/C19H24N4S/c1-24-17-6-2-14(3-7-17)12-23-11-9-16(13-23)21-18-8-10-20-19(22-18)15-4-5-15/h2-3,6-8,10,15-16H,4-5,9,11-13H2,1H3,(H,20,21,22). The second-order valence-electron chi connectivity index (χ2n) is 6.79. The number of thioether (sulfide) groups is 1. The summed E-state index contributed by atoms with van der Waals surface area (Å²) in [6, 6.07) is 11.4. The number of anilines is 1. The summed E-state index contributed by atoms with van der Waals surface area (Å²) in [5, 5.41) is 3.60. The van der Waals surface area contributed by atoms with Crippen LogP contribution in [0.15, 0.2) is 41.4 Å². The van der Waals surface area contributed by atoms with E-state index in [0.717, 1.165) is 31.3 Å². The molecule has 1 aliphatic carbocycles. The Kier molecular flexibility index (Phi) is 4.72. The van der Waals surface area contributed by atoms with Gasteiger partial charge in [-0.3, -0.25) is 4.90 Å². The third kappa shape index (κ3) is 3.90. The first-order chi connectivity index (χ1) is 11.8. The Labute approximate surface area is 148 Å². The molecule has 2 heterocycles. The molecule has 0 radical (unpaired) electrons. The summed E-state index contributed by atoms with van der Waals surface area (Å²) in [5.74, 6) is 2.61. The Morgan fingerprint density at radius 3 is 2.75 bits per heavy atom. The first kappa shape index (κ1) is 15.9. The molecule has 1 saturated heterocycles. The molecule has 1 aliphatic heterocycles. The van der Waals surface area contributed by atoms with Gasteiger partial charge in [-0.2, -0.15) is 0 Å². The minimum Gasteiger partial charge on any atom is -0.366 e. The number of hydrogen-bond acceptors (Lipinski definition) is 5. The summed E-state index contributed by atoms with van der Waals surface area (Å²) in [7, 11) is 0. The van der Waals surface area contributed by atoms with Crippen molar-refractivity contribution in [2.75, 3.05) is 24.7 Å². The quantitative estimate of drug-likeness (QED) is 0.811. The van der Waals surface area contributed by atoms with Gasteiger partial charge >= 0.3 is 0 Å². The minimum absolute atomic E-state index is 0.484. The summed E-state index contributed by atoms with van der Waals surface area (Å²) in [4.78, 5) is 12.9. The van der Waals surface area contributed by atoms with Crippen molar-refractivity contribution >= 4 is 17.6 Å². The Bertz CT molecular complexity index is 684. The molecule has 1 saturated carbocycles. The molecule has 0 spiro atoms. The number of likely N-dealkylation sites (tertiary alicyclic amines) is 1. The second-order valence-corrected chi connectivity index (χ2v) is 7.67. The fraction of sp³-hybridized carbons (Fsp3) is 0.474. The van der Waals surface area contributed by atoms with Gasteiger partial charge in [0.2, 0.25) is 0 Å². The normalized spacial score (nSPS) is 21.1. The molecule has 1 atom stereocenters. The number of rotatable bonds is 6. The van der Waals surface area contributed by atoms with Crippen LogP contribution in [-0.4, -0.2) is 40.3 Å². The molecule has 1 aromatic carbocycles. The van der Waals surface area contributed by atoms with Gasteiger partial charge in [0.1, 0.15) is 11.6 Å². The first-order valence-corrected chi connectivity index (χ1v) is 9.97. The molecule has 2 aliphatic rings. The van der Waals surface area contributed by atoms with Crippen LogP contribution in [0.5, 0.6) is 0 Å². The van der Waals surface area contributed by atoms with Crippen LogP contribution in [0.25, 0.3) is 0 Å². The number of benzene rings is 1. The smallest absolute Gasteiger partial charge is 0.133 e. The molecule has 0 bridgehead atoms. The predicted molar refractivity (Wildman–Crippen MR) is 99.5 cm³/mol. The van der Waals surface area contributed by atoms with Crippen molar-refractivity contribution in [3.63, 3.8) is 0 Å². The highest BCUT2D eigenvalue weighted by Crippen LogP contribution is 2.38. The van der Waals surface area contributed by atoms with Crippen molar-refractivity contribution < 1.29 is 0 Å². The van der Waals surface area contributed by atoms with Crippen molar-refractivity contribution in [3.8, 4) is 0 Å². The topological polar surface area (TPSA) is 41.0 Å². The maximum absolute atomic E-state index is 4.68. The molecule has 4 nitrogen and oxygen atoms in total. The van der Waals surface area contributed by atoms with E-state index in [1.54, 1.807) is 11.8 Å². The van der Waals surface area contributed by atoms with Crippen LogP contribution in [0.3, 0.4) is 0 Å². The molecule has 1 N–H and O–H groups in total. The number of nitrogens with one attached hydrogen (secondary N) is 1. The molecule has 1 unspecified atom stereocenters. The molecule has 126 valence electrons. The maximum Gasteiger partial charge on any atom is 0.133 e. The predicted octanol–water partition coefficient (Wildman–Crippen LogP) is 3.76.